The number of ether oxygens (including phenoxy) is 2. The molecule has 2 amide bonds. The number of sulfone groups is 1. The van der Waals surface area contributed by atoms with Crippen LogP contribution >= 0.6 is 0 Å². The van der Waals surface area contributed by atoms with Gasteiger partial charge in [0.15, 0.2) is 21.5 Å². The van der Waals surface area contributed by atoms with Gasteiger partial charge in [-0.2, -0.15) is 0 Å². The van der Waals surface area contributed by atoms with Crippen LogP contribution in [-0.2, 0) is 45.1 Å². The number of hydrogen-bond acceptors (Lipinski definition) is 10. The summed E-state index contributed by atoms with van der Waals surface area (Å²) >= 11 is 0. The number of H-pyrrole nitrogens is 1. The Hall–Kier alpha value is -5.81. The molecule has 2 aromatic carbocycles. The molecule has 1 aliphatic rings. The highest BCUT2D eigenvalue weighted by atomic mass is 32.2. The lowest BCUT2D eigenvalue weighted by atomic mass is 9.96. The maximum Gasteiger partial charge on any atom is 0.274 e. The number of phenols is 1. The SMILES string of the molecule is Cn1cc2c3c(c[nH]c3c1=O)CN(c1ncc(F)cc1F)c1cc(C(=O)NCCOc3cc(O)cc(CCOCC(N)=O)c3)c(CS(C)(=O)=O)cc1-2. The molecule has 0 saturated heterocycles. The van der Waals surface area contributed by atoms with Crippen molar-refractivity contribution in [2.45, 2.75) is 18.7 Å². The van der Waals surface area contributed by atoms with Gasteiger partial charge >= 0.3 is 0 Å². The number of halogens is 2. The number of aryl methyl sites for hydroxylation is 1. The fraction of sp³-hybridized carbons (Fsp3) is 0.257. The Balaban J connectivity index is 1.33. The molecule has 3 aromatic heterocycles. The van der Waals surface area contributed by atoms with Crippen molar-refractivity contribution in [3.05, 3.63) is 99.2 Å². The van der Waals surface area contributed by atoms with Crippen LogP contribution in [0.3, 0.4) is 0 Å². The molecule has 0 atom stereocenters. The first-order valence-electron chi connectivity index (χ1n) is 15.9. The molecule has 0 bridgehead atoms. The van der Waals surface area contributed by atoms with Gasteiger partial charge in [0.2, 0.25) is 5.91 Å². The molecule has 5 N–H and O–H groups in total. The number of primary amides is 1. The van der Waals surface area contributed by atoms with Gasteiger partial charge in [0, 0.05) is 59.9 Å². The number of hydrogen-bond donors (Lipinski definition) is 4. The number of benzene rings is 2. The van der Waals surface area contributed by atoms with Crippen molar-refractivity contribution in [3.8, 4) is 22.6 Å². The second-order valence-corrected chi connectivity index (χ2v) is 14.5. The van der Waals surface area contributed by atoms with Gasteiger partial charge in [-0.05, 0) is 47.4 Å². The lowest BCUT2D eigenvalue weighted by molar-refractivity contribution is -0.122. The van der Waals surface area contributed by atoms with E-state index in [1.807, 2.05) is 0 Å². The number of nitrogens with two attached hydrogens (primary N) is 1. The monoisotopic (exact) mass is 736 g/mol. The van der Waals surface area contributed by atoms with E-state index in [1.165, 1.54) is 33.7 Å². The molecular weight excluding hydrogens is 702 g/mol. The molecular formula is C35H34F2N6O8S. The molecule has 0 spiro atoms. The van der Waals surface area contributed by atoms with Crippen LogP contribution in [0.15, 0.2) is 59.8 Å². The van der Waals surface area contributed by atoms with Crippen molar-refractivity contribution in [1.82, 2.24) is 19.9 Å². The summed E-state index contributed by atoms with van der Waals surface area (Å²) in [5.74, 6) is -3.67. The summed E-state index contributed by atoms with van der Waals surface area (Å²) in [4.78, 5) is 46.2. The number of aromatic nitrogens is 3. The van der Waals surface area contributed by atoms with Gasteiger partial charge in [-0.15, -0.1) is 0 Å². The van der Waals surface area contributed by atoms with E-state index in [0.717, 1.165) is 12.5 Å². The number of amides is 2. The zero-order valence-electron chi connectivity index (χ0n) is 28.0. The second kappa shape index (κ2) is 14.4. The van der Waals surface area contributed by atoms with Crippen molar-refractivity contribution in [2.75, 3.05) is 37.5 Å². The summed E-state index contributed by atoms with van der Waals surface area (Å²) in [7, 11) is -2.14. The number of rotatable bonds is 13. The number of carbonyl (C=O) groups is 2. The van der Waals surface area contributed by atoms with E-state index in [0.29, 0.717) is 45.9 Å². The van der Waals surface area contributed by atoms with Gasteiger partial charge in [-0.1, -0.05) is 0 Å². The minimum Gasteiger partial charge on any atom is -0.508 e. The molecule has 0 fully saturated rings. The highest BCUT2D eigenvalue weighted by Crippen LogP contribution is 2.45. The van der Waals surface area contributed by atoms with Gasteiger partial charge in [0.25, 0.3) is 11.5 Å². The highest BCUT2D eigenvalue weighted by molar-refractivity contribution is 7.89. The molecule has 0 radical (unpaired) electrons. The van der Waals surface area contributed by atoms with Gasteiger partial charge < -0.3 is 40.1 Å². The summed E-state index contributed by atoms with van der Waals surface area (Å²) in [6.45, 7) is -0.167. The van der Waals surface area contributed by atoms with Crippen molar-refractivity contribution >= 4 is 44.1 Å². The molecule has 5 aromatic rings. The number of nitrogens with zero attached hydrogens (tertiary/aromatic N) is 3. The minimum absolute atomic E-state index is 0.0264. The van der Waals surface area contributed by atoms with Crippen LogP contribution in [0.2, 0.25) is 0 Å². The van der Waals surface area contributed by atoms with Crippen LogP contribution in [-0.4, -0.2) is 72.5 Å². The van der Waals surface area contributed by atoms with Crippen LogP contribution < -0.4 is 26.2 Å². The molecule has 4 heterocycles. The number of anilines is 2. The first kappa shape index (κ1) is 36.0. The van der Waals surface area contributed by atoms with Crippen molar-refractivity contribution in [3.63, 3.8) is 0 Å². The number of aromatic amines is 1. The van der Waals surface area contributed by atoms with Crippen molar-refractivity contribution in [1.29, 1.82) is 0 Å². The maximum absolute atomic E-state index is 15.4. The third-order valence-electron chi connectivity index (χ3n) is 8.31. The van der Waals surface area contributed by atoms with E-state index in [1.54, 1.807) is 25.5 Å². The lowest BCUT2D eigenvalue weighted by Gasteiger charge is -2.26. The van der Waals surface area contributed by atoms with Gasteiger partial charge in [0.1, 0.15) is 36.0 Å². The fourth-order valence-corrected chi connectivity index (χ4v) is 6.96. The van der Waals surface area contributed by atoms with E-state index in [-0.39, 0.29) is 72.4 Å². The van der Waals surface area contributed by atoms with E-state index < -0.39 is 39.0 Å². The van der Waals surface area contributed by atoms with Gasteiger partial charge in [-0.3, -0.25) is 14.4 Å². The maximum atomic E-state index is 15.4. The molecule has 6 rings (SSSR count). The second-order valence-electron chi connectivity index (χ2n) is 12.4. The topological polar surface area (TPSA) is 199 Å². The molecule has 1 aliphatic heterocycles. The van der Waals surface area contributed by atoms with Crippen LogP contribution in [0.25, 0.3) is 22.0 Å². The van der Waals surface area contributed by atoms with Crippen LogP contribution in [0.5, 0.6) is 11.5 Å². The molecule has 14 nitrogen and oxygen atoms in total. The first-order valence-corrected chi connectivity index (χ1v) is 18.0. The van der Waals surface area contributed by atoms with Crippen LogP contribution in [0, 0.1) is 11.6 Å². The van der Waals surface area contributed by atoms with Crippen molar-refractivity contribution in [2.24, 2.45) is 12.8 Å². The largest absolute Gasteiger partial charge is 0.508 e. The van der Waals surface area contributed by atoms with Gasteiger partial charge in [-0.25, -0.2) is 22.2 Å². The molecule has 0 unspecified atom stereocenters. The number of fused-ring (bicyclic) bond motifs is 2. The minimum atomic E-state index is -3.69. The number of nitrogens with one attached hydrogen (secondary N) is 2. The normalized spacial score (nSPS) is 12.4. The Kier molecular flexibility index (Phi) is 9.99. The number of aromatic hydroxyl groups is 1. The molecule has 0 saturated carbocycles. The number of phenolic OH excluding ortho intramolecular Hbond substituents is 1. The number of carbonyl (C=O) groups excluding carboxylic acids is 2. The zero-order valence-corrected chi connectivity index (χ0v) is 28.9. The molecule has 52 heavy (non-hydrogen) atoms. The number of pyridine rings is 2. The fourth-order valence-electron chi connectivity index (χ4n) is 6.16. The Morgan fingerprint density at radius 2 is 1.90 bits per heavy atom. The lowest BCUT2D eigenvalue weighted by Crippen LogP contribution is -2.29. The third-order valence-corrected chi connectivity index (χ3v) is 9.15. The van der Waals surface area contributed by atoms with Crippen molar-refractivity contribution < 1.29 is 41.4 Å². The molecule has 17 heteroatoms. The van der Waals surface area contributed by atoms with Crippen LogP contribution in [0.1, 0.15) is 27.0 Å². The average molecular weight is 737 g/mol. The van der Waals surface area contributed by atoms with E-state index in [2.05, 4.69) is 15.3 Å². The summed E-state index contributed by atoms with van der Waals surface area (Å²) < 4.78 is 66.9. The predicted octanol–water partition coefficient (Wildman–Crippen LogP) is 2.96. The molecule has 0 aliphatic carbocycles. The Morgan fingerprint density at radius 1 is 1.12 bits per heavy atom. The van der Waals surface area contributed by atoms with Gasteiger partial charge in [0.05, 0.1) is 37.3 Å². The average Bonchev–Trinajstić information content (AvgIpc) is 3.43. The Labute approximate surface area is 295 Å². The summed E-state index contributed by atoms with van der Waals surface area (Å²) in [6, 6.07) is 8.20. The van der Waals surface area contributed by atoms with E-state index >= 15 is 4.39 Å². The van der Waals surface area contributed by atoms with Crippen LogP contribution in [0.4, 0.5) is 20.3 Å². The smallest absolute Gasteiger partial charge is 0.274 e. The Bertz CT molecular complexity index is 2400. The predicted molar refractivity (Wildman–Crippen MR) is 187 cm³/mol. The summed E-state index contributed by atoms with van der Waals surface area (Å²) in [6.07, 6.45) is 5.44. The van der Waals surface area contributed by atoms with E-state index in [9.17, 15) is 32.3 Å². The quantitative estimate of drug-likeness (QED) is 0.130. The Morgan fingerprint density at radius 3 is 2.63 bits per heavy atom. The standard InChI is InChI=1S/C35H34F2N6O8S/c1-42-16-27-26-9-20(18-52(2,48)49)25(34(46)39-4-6-51-24-8-19(7-23(44)11-24)3-5-50-17-30(38)45)12-29(26)43(33-28(37)10-22(36)14-41-33)15-21-13-40-32(31(21)27)35(42)47/h7-14,16,40,44H,3-6,15,17-18H2,1-2H3,(H2,38,45)(H,39,46). The third kappa shape index (κ3) is 7.74. The molecule has 272 valence electrons. The van der Waals surface area contributed by atoms with E-state index in [4.69, 9.17) is 15.2 Å². The highest BCUT2D eigenvalue weighted by Gasteiger charge is 2.30. The zero-order chi connectivity index (χ0) is 37.3. The summed E-state index contributed by atoms with van der Waals surface area (Å²) in [5.41, 5.74) is 7.57. The summed E-state index contributed by atoms with van der Waals surface area (Å²) in [5, 5.41) is 13.4. The first-order chi connectivity index (χ1) is 24.7.